The molecule has 0 aliphatic rings. The van der Waals surface area contributed by atoms with E-state index in [4.69, 9.17) is 16.1 Å². The van der Waals surface area contributed by atoms with Crippen LogP contribution in [0.25, 0.3) is 0 Å². The van der Waals surface area contributed by atoms with Crippen LogP contribution in [0.2, 0.25) is 5.02 Å². The Kier molecular flexibility index (Phi) is 3.14. The third-order valence-corrected chi connectivity index (χ3v) is 2.76. The lowest BCUT2D eigenvalue weighted by Gasteiger charge is -2.05. The second-order valence-electron chi connectivity index (χ2n) is 3.55. The van der Waals surface area contributed by atoms with Crippen molar-refractivity contribution in [3.8, 4) is 0 Å². The molecular weight excluding hydrogens is 244 g/mol. The van der Waals surface area contributed by atoms with Gasteiger partial charge in [-0.05, 0) is 13.8 Å². The minimum Gasteiger partial charge on any atom is -0.364 e. The molecule has 7 heteroatoms. The van der Waals surface area contributed by atoms with Crippen LogP contribution in [0.15, 0.2) is 15.6 Å². The maximum atomic E-state index is 11.2. The Balaban J connectivity index is 2.18. The zero-order chi connectivity index (χ0) is 12.4. The van der Waals surface area contributed by atoms with Gasteiger partial charge in [0.2, 0.25) is 0 Å². The molecule has 0 amide bonds. The lowest BCUT2D eigenvalue weighted by Crippen LogP contribution is -2.12. The summed E-state index contributed by atoms with van der Waals surface area (Å²) in [6.07, 6.45) is 1.30. The van der Waals surface area contributed by atoms with Crippen LogP contribution in [0.3, 0.4) is 0 Å². The Bertz CT molecular complexity index is 571. The van der Waals surface area contributed by atoms with Crippen molar-refractivity contribution in [3.05, 3.63) is 38.7 Å². The van der Waals surface area contributed by atoms with Gasteiger partial charge in [-0.1, -0.05) is 16.8 Å². The fourth-order valence-corrected chi connectivity index (χ4v) is 1.60. The molecule has 0 saturated heterocycles. The average Bonchev–Trinajstić information content (AvgIpc) is 2.62. The van der Waals surface area contributed by atoms with E-state index in [1.165, 1.54) is 6.33 Å². The van der Waals surface area contributed by atoms with Crippen molar-refractivity contribution in [1.29, 1.82) is 0 Å². The number of rotatable bonds is 3. The Labute approximate surface area is 102 Å². The standard InChI is InChI=1S/C10H11ClN4O2/c1-5-7(6(2)17-15-5)3-12-9-8(11)10(16)14-4-13-9/h4H,3H2,1-2H3,(H2,12,13,14,16). The molecular formula is C10H11ClN4O2. The molecule has 17 heavy (non-hydrogen) atoms. The number of aromatic nitrogens is 3. The van der Waals surface area contributed by atoms with Crippen LogP contribution in [-0.4, -0.2) is 15.1 Å². The summed E-state index contributed by atoms with van der Waals surface area (Å²) in [5, 5.41) is 6.85. The summed E-state index contributed by atoms with van der Waals surface area (Å²) in [5.41, 5.74) is 1.36. The molecule has 0 aliphatic carbocycles. The number of hydrogen-bond donors (Lipinski definition) is 2. The topological polar surface area (TPSA) is 83.8 Å². The summed E-state index contributed by atoms with van der Waals surface area (Å²) in [4.78, 5) is 17.6. The zero-order valence-corrected chi connectivity index (χ0v) is 10.1. The second kappa shape index (κ2) is 4.58. The number of H-pyrrole nitrogens is 1. The summed E-state index contributed by atoms with van der Waals surface area (Å²) in [6.45, 7) is 4.13. The number of nitrogens with zero attached hydrogens (tertiary/aromatic N) is 2. The lowest BCUT2D eigenvalue weighted by molar-refractivity contribution is 0.392. The molecule has 2 heterocycles. The minimum absolute atomic E-state index is 0.0410. The molecule has 2 aromatic heterocycles. The van der Waals surface area contributed by atoms with Crippen molar-refractivity contribution in [1.82, 2.24) is 15.1 Å². The van der Waals surface area contributed by atoms with E-state index in [-0.39, 0.29) is 10.6 Å². The number of nitrogens with one attached hydrogen (secondary N) is 2. The van der Waals surface area contributed by atoms with Crippen LogP contribution in [0.4, 0.5) is 5.82 Å². The van der Waals surface area contributed by atoms with E-state index in [0.29, 0.717) is 12.4 Å². The molecule has 2 rings (SSSR count). The molecule has 0 unspecified atom stereocenters. The molecule has 6 nitrogen and oxygen atoms in total. The normalized spacial score (nSPS) is 10.5. The van der Waals surface area contributed by atoms with Crippen LogP contribution < -0.4 is 10.9 Å². The first kappa shape index (κ1) is 11.7. The Morgan fingerprint density at radius 1 is 1.53 bits per heavy atom. The number of aromatic amines is 1. The van der Waals surface area contributed by atoms with Gasteiger partial charge >= 0.3 is 0 Å². The summed E-state index contributed by atoms with van der Waals surface area (Å²) in [7, 11) is 0. The molecule has 0 saturated carbocycles. The quantitative estimate of drug-likeness (QED) is 0.870. The first-order valence-electron chi connectivity index (χ1n) is 4.98. The SMILES string of the molecule is Cc1noc(C)c1CNc1nc[nH]c(=O)c1Cl. The van der Waals surface area contributed by atoms with Gasteiger partial charge in [0.1, 0.15) is 10.8 Å². The van der Waals surface area contributed by atoms with Gasteiger partial charge in [0.25, 0.3) is 5.56 Å². The zero-order valence-electron chi connectivity index (χ0n) is 9.37. The van der Waals surface area contributed by atoms with E-state index in [0.717, 1.165) is 17.0 Å². The van der Waals surface area contributed by atoms with Gasteiger partial charge in [0, 0.05) is 12.1 Å². The lowest BCUT2D eigenvalue weighted by atomic mass is 10.2. The molecule has 0 spiro atoms. The van der Waals surface area contributed by atoms with Gasteiger partial charge in [0.15, 0.2) is 5.82 Å². The van der Waals surface area contributed by atoms with Gasteiger partial charge in [-0.3, -0.25) is 4.79 Å². The van der Waals surface area contributed by atoms with Crippen LogP contribution in [0, 0.1) is 13.8 Å². The van der Waals surface area contributed by atoms with Crippen LogP contribution in [0.1, 0.15) is 17.0 Å². The average molecular weight is 255 g/mol. The highest BCUT2D eigenvalue weighted by Gasteiger charge is 2.10. The van der Waals surface area contributed by atoms with E-state index in [1.807, 2.05) is 13.8 Å². The van der Waals surface area contributed by atoms with Gasteiger partial charge < -0.3 is 14.8 Å². The molecule has 0 aliphatic heterocycles. The third kappa shape index (κ3) is 2.31. The van der Waals surface area contributed by atoms with Crippen LogP contribution >= 0.6 is 11.6 Å². The molecule has 0 aromatic carbocycles. The number of anilines is 1. The Morgan fingerprint density at radius 2 is 2.29 bits per heavy atom. The number of halogens is 1. The van der Waals surface area contributed by atoms with Crippen LogP contribution in [-0.2, 0) is 6.54 Å². The smallest absolute Gasteiger partial charge is 0.271 e. The van der Waals surface area contributed by atoms with Crippen molar-refractivity contribution >= 4 is 17.4 Å². The molecule has 0 bridgehead atoms. The molecule has 0 fully saturated rings. The predicted octanol–water partition coefficient (Wildman–Crippen LogP) is 1.64. The third-order valence-electron chi connectivity index (χ3n) is 2.41. The van der Waals surface area contributed by atoms with E-state index >= 15 is 0 Å². The minimum atomic E-state index is -0.372. The first-order valence-corrected chi connectivity index (χ1v) is 5.36. The second-order valence-corrected chi connectivity index (χ2v) is 3.93. The van der Waals surface area contributed by atoms with Crippen molar-refractivity contribution in [3.63, 3.8) is 0 Å². The maximum Gasteiger partial charge on any atom is 0.271 e. The first-order chi connectivity index (χ1) is 8.09. The summed E-state index contributed by atoms with van der Waals surface area (Å²) in [6, 6.07) is 0. The monoisotopic (exact) mass is 254 g/mol. The van der Waals surface area contributed by atoms with Crippen LogP contribution in [0.5, 0.6) is 0 Å². The van der Waals surface area contributed by atoms with Gasteiger partial charge in [0.05, 0.1) is 12.0 Å². The van der Waals surface area contributed by atoms with Gasteiger partial charge in [-0.2, -0.15) is 0 Å². The van der Waals surface area contributed by atoms with Gasteiger partial charge in [-0.25, -0.2) is 4.98 Å². The summed E-state index contributed by atoms with van der Waals surface area (Å²) >= 11 is 5.81. The maximum absolute atomic E-state index is 11.2. The molecule has 0 radical (unpaired) electrons. The van der Waals surface area contributed by atoms with E-state index in [9.17, 15) is 4.79 Å². The molecule has 2 aromatic rings. The summed E-state index contributed by atoms with van der Waals surface area (Å²) < 4.78 is 5.03. The van der Waals surface area contributed by atoms with Crippen molar-refractivity contribution < 1.29 is 4.52 Å². The number of aryl methyl sites for hydroxylation is 2. The Hall–Kier alpha value is -1.82. The fourth-order valence-electron chi connectivity index (χ4n) is 1.43. The van der Waals surface area contributed by atoms with Crippen molar-refractivity contribution in [2.45, 2.75) is 20.4 Å². The van der Waals surface area contributed by atoms with Gasteiger partial charge in [-0.15, -0.1) is 0 Å². The fraction of sp³-hybridized carbons (Fsp3) is 0.300. The van der Waals surface area contributed by atoms with Crippen molar-refractivity contribution in [2.24, 2.45) is 0 Å². The highest BCUT2D eigenvalue weighted by molar-refractivity contribution is 6.32. The molecule has 90 valence electrons. The van der Waals surface area contributed by atoms with E-state index < -0.39 is 0 Å². The Morgan fingerprint density at radius 3 is 2.94 bits per heavy atom. The highest BCUT2D eigenvalue weighted by Crippen LogP contribution is 2.17. The molecule has 0 atom stereocenters. The summed E-state index contributed by atoms with van der Waals surface area (Å²) in [5.74, 6) is 1.08. The number of hydrogen-bond acceptors (Lipinski definition) is 5. The van der Waals surface area contributed by atoms with E-state index in [2.05, 4.69) is 20.4 Å². The highest BCUT2D eigenvalue weighted by atomic mass is 35.5. The predicted molar refractivity (Wildman–Crippen MR) is 63.2 cm³/mol. The van der Waals surface area contributed by atoms with Crippen molar-refractivity contribution in [2.75, 3.05) is 5.32 Å². The largest absolute Gasteiger partial charge is 0.364 e. The molecule has 2 N–H and O–H groups in total. The van der Waals surface area contributed by atoms with E-state index in [1.54, 1.807) is 0 Å².